The highest BCUT2D eigenvalue weighted by atomic mass is 15.2. The molecule has 2 atom stereocenters. The van der Waals surface area contributed by atoms with Gasteiger partial charge in [-0.15, -0.1) is 0 Å². The molecule has 1 rings (SSSR count). The van der Waals surface area contributed by atoms with Crippen LogP contribution in [-0.2, 0) is 0 Å². The van der Waals surface area contributed by atoms with Gasteiger partial charge < -0.3 is 5.73 Å². The molecule has 0 bridgehead atoms. The quantitative estimate of drug-likeness (QED) is 0.773. The number of hydrogen-bond donors (Lipinski definition) is 1. The van der Waals surface area contributed by atoms with Crippen molar-refractivity contribution in [2.24, 2.45) is 11.7 Å². The maximum Gasteiger partial charge on any atom is 0.0496 e. The Morgan fingerprint density at radius 1 is 1.05 bits per heavy atom. The van der Waals surface area contributed by atoms with Crippen molar-refractivity contribution in [1.82, 2.24) is 4.90 Å². The second kappa shape index (κ2) is 8.43. The van der Waals surface area contributed by atoms with Crippen LogP contribution in [0.1, 0.15) is 57.7 Å². The van der Waals surface area contributed by atoms with Gasteiger partial charge in [-0.1, -0.05) is 63.4 Å². The predicted molar refractivity (Wildman–Crippen MR) is 88.9 cm³/mol. The van der Waals surface area contributed by atoms with Crippen LogP contribution in [0.5, 0.6) is 0 Å². The lowest BCUT2D eigenvalue weighted by atomic mass is 9.95. The Morgan fingerprint density at radius 2 is 1.60 bits per heavy atom. The number of rotatable bonds is 8. The summed E-state index contributed by atoms with van der Waals surface area (Å²) in [6.07, 6.45) is 2.49. The van der Waals surface area contributed by atoms with E-state index in [1.807, 2.05) is 0 Å². The van der Waals surface area contributed by atoms with Crippen molar-refractivity contribution in [2.75, 3.05) is 13.1 Å². The lowest BCUT2D eigenvalue weighted by molar-refractivity contribution is 0.153. The van der Waals surface area contributed by atoms with E-state index in [-0.39, 0.29) is 6.04 Å². The second-order valence-electron chi connectivity index (χ2n) is 5.98. The molecule has 0 saturated heterocycles. The van der Waals surface area contributed by atoms with E-state index >= 15 is 0 Å². The minimum absolute atomic E-state index is 0.145. The molecule has 0 radical (unpaired) electrons. The minimum atomic E-state index is 0.145. The molecule has 2 heteroatoms. The van der Waals surface area contributed by atoms with E-state index in [0.717, 1.165) is 19.0 Å². The first-order chi connectivity index (χ1) is 9.53. The van der Waals surface area contributed by atoms with E-state index in [0.29, 0.717) is 6.04 Å². The first kappa shape index (κ1) is 17.2. The SMILES string of the molecule is CCC(CC)CN(CC)C(c1ccc(C)cc1)C(C)N. The van der Waals surface area contributed by atoms with Crippen LogP contribution >= 0.6 is 0 Å². The van der Waals surface area contributed by atoms with Crippen molar-refractivity contribution < 1.29 is 0 Å². The van der Waals surface area contributed by atoms with Crippen molar-refractivity contribution >= 4 is 0 Å². The first-order valence-electron chi connectivity index (χ1n) is 8.09. The van der Waals surface area contributed by atoms with Gasteiger partial charge in [0, 0.05) is 18.6 Å². The fraction of sp³-hybridized carbons (Fsp3) is 0.667. The summed E-state index contributed by atoms with van der Waals surface area (Å²) in [4.78, 5) is 2.55. The molecule has 0 amide bonds. The molecule has 0 saturated carbocycles. The standard InChI is InChI=1S/C18H32N2/c1-6-16(7-2)13-20(8-3)18(15(5)19)17-11-9-14(4)10-12-17/h9-12,15-16,18H,6-8,13,19H2,1-5H3. The van der Waals surface area contributed by atoms with Crippen LogP contribution in [0.15, 0.2) is 24.3 Å². The van der Waals surface area contributed by atoms with Gasteiger partial charge in [0.15, 0.2) is 0 Å². The van der Waals surface area contributed by atoms with Gasteiger partial charge in [-0.3, -0.25) is 4.90 Å². The van der Waals surface area contributed by atoms with Crippen LogP contribution in [0.25, 0.3) is 0 Å². The van der Waals surface area contributed by atoms with Gasteiger partial charge in [-0.2, -0.15) is 0 Å². The molecule has 0 fully saturated rings. The van der Waals surface area contributed by atoms with Gasteiger partial charge in [0.25, 0.3) is 0 Å². The lowest BCUT2D eigenvalue weighted by Gasteiger charge is -2.36. The third-order valence-corrected chi connectivity index (χ3v) is 4.36. The molecule has 1 aromatic rings. The Hall–Kier alpha value is -0.860. The largest absolute Gasteiger partial charge is 0.326 e. The summed E-state index contributed by atoms with van der Waals surface area (Å²) in [5, 5.41) is 0. The zero-order valence-corrected chi connectivity index (χ0v) is 13.9. The highest BCUT2D eigenvalue weighted by Gasteiger charge is 2.24. The topological polar surface area (TPSA) is 29.3 Å². The van der Waals surface area contributed by atoms with Crippen molar-refractivity contribution in [3.05, 3.63) is 35.4 Å². The highest BCUT2D eigenvalue weighted by Crippen LogP contribution is 2.26. The van der Waals surface area contributed by atoms with Crippen molar-refractivity contribution in [1.29, 1.82) is 0 Å². The second-order valence-corrected chi connectivity index (χ2v) is 5.98. The van der Waals surface area contributed by atoms with Gasteiger partial charge in [0.1, 0.15) is 0 Å². The van der Waals surface area contributed by atoms with E-state index in [1.165, 1.54) is 24.0 Å². The molecule has 0 aliphatic carbocycles. The summed E-state index contributed by atoms with van der Waals surface area (Å²) in [6, 6.07) is 9.32. The van der Waals surface area contributed by atoms with Gasteiger partial charge in [0.2, 0.25) is 0 Å². The van der Waals surface area contributed by atoms with Crippen LogP contribution in [0.3, 0.4) is 0 Å². The Morgan fingerprint density at radius 3 is 2.00 bits per heavy atom. The zero-order valence-electron chi connectivity index (χ0n) is 13.9. The fourth-order valence-corrected chi connectivity index (χ4v) is 2.93. The summed E-state index contributed by atoms with van der Waals surface area (Å²) in [7, 11) is 0. The number of benzene rings is 1. The van der Waals surface area contributed by atoms with E-state index in [2.05, 4.69) is 63.8 Å². The fourth-order valence-electron chi connectivity index (χ4n) is 2.93. The molecule has 2 unspecified atom stereocenters. The molecule has 1 aromatic carbocycles. The summed E-state index contributed by atoms with van der Waals surface area (Å²) in [5.74, 6) is 0.765. The van der Waals surface area contributed by atoms with E-state index < -0.39 is 0 Å². The van der Waals surface area contributed by atoms with Gasteiger partial charge >= 0.3 is 0 Å². The van der Waals surface area contributed by atoms with Crippen molar-refractivity contribution in [3.63, 3.8) is 0 Å². The predicted octanol–water partition coefficient (Wildman–Crippen LogP) is 4.14. The number of nitrogens with zero attached hydrogens (tertiary/aromatic N) is 1. The van der Waals surface area contributed by atoms with E-state index in [1.54, 1.807) is 0 Å². The van der Waals surface area contributed by atoms with Crippen LogP contribution in [-0.4, -0.2) is 24.0 Å². The number of aryl methyl sites for hydroxylation is 1. The molecule has 2 N–H and O–H groups in total. The summed E-state index contributed by atoms with van der Waals surface area (Å²) in [5.41, 5.74) is 8.95. The first-order valence-corrected chi connectivity index (χ1v) is 8.09. The Kier molecular flexibility index (Phi) is 7.25. The number of likely N-dealkylation sites (N-methyl/N-ethyl adjacent to an activating group) is 1. The lowest BCUT2D eigenvalue weighted by Crippen LogP contribution is -2.41. The van der Waals surface area contributed by atoms with Crippen LogP contribution in [0.4, 0.5) is 0 Å². The molecule has 0 aliphatic heterocycles. The van der Waals surface area contributed by atoms with Crippen molar-refractivity contribution in [3.8, 4) is 0 Å². The van der Waals surface area contributed by atoms with Gasteiger partial charge in [-0.25, -0.2) is 0 Å². The Bertz CT molecular complexity index is 366. The van der Waals surface area contributed by atoms with Gasteiger partial charge in [-0.05, 0) is 31.9 Å². The minimum Gasteiger partial charge on any atom is -0.326 e. The third-order valence-electron chi connectivity index (χ3n) is 4.36. The summed E-state index contributed by atoms with van der Waals surface area (Å²) >= 11 is 0. The van der Waals surface area contributed by atoms with E-state index in [9.17, 15) is 0 Å². The molecular formula is C18H32N2. The monoisotopic (exact) mass is 276 g/mol. The van der Waals surface area contributed by atoms with Gasteiger partial charge in [0.05, 0.1) is 0 Å². The number of nitrogens with two attached hydrogens (primary N) is 1. The van der Waals surface area contributed by atoms with Crippen LogP contribution in [0.2, 0.25) is 0 Å². The van der Waals surface area contributed by atoms with Crippen LogP contribution < -0.4 is 5.73 Å². The Labute approximate surface area is 125 Å². The smallest absolute Gasteiger partial charge is 0.0496 e. The summed E-state index contributed by atoms with van der Waals surface area (Å²) in [6.45, 7) is 13.3. The molecule has 0 aromatic heterocycles. The van der Waals surface area contributed by atoms with Crippen LogP contribution in [0, 0.1) is 12.8 Å². The maximum atomic E-state index is 6.30. The molecule has 2 nitrogen and oxygen atoms in total. The molecular weight excluding hydrogens is 244 g/mol. The highest BCUT2D eigenvalue weighted by molar-refractivity contribution is 5.25. The van der Waals surface area contributed by atoms with E-state index in [4.69, 9.17) is 5.73 Å². The summed E-state index contributed by atoms with van der Waals surface area (Å²) < 4.78 is 0. The van der Waals surface area contributed by atoms with Crippen molar-refractivity contribution in [2.45, 2.75) is 59.5 Å². The molecule has 0 aliphatic rings. The molecule has 20 heavy (non-hydrogen) atoms. The number of hydrogen-bond acceptors (Lipinski definition) is 2. The maximum absolute atomic E-state index is 6.30. The normalized spacial score (nSPS) is 14.8. The molecule has 114 valence electrons. The molecule has 0 heterocycles. The molecule has 0 spiro atoms. The third kappa shape index (κ3) is 4.60. The average Bonchev–Trinajstić information content (AvgIpc) is 2.44. The zero-order chi connectivity index (χ0) is 15.1. The Balaban J connectivity index is 2.94. The average molecular weight is 276 g/mol.